The summed E-state index contributed by atoms with van der Waals surface area (Å²) in [7, 11) is 0. The number of Topliss-reactive ketones (excluding diaryl/α,β-unsaturated/α-hetero) is 2. The number of piperidine rings is 1. The van der Waals surface area contributed by atoms with Gasteiger partial charge in [-0.25, -0.2) is 0 Å². The van der Waals surface area contributed by atoms with Crippen molar-refractivity contribution in [3.05, 3.63) is 71.1 Å². The van der Waals surface area contributed by atoms with Gasteiger partial charge < -0.3 is 15.5 Å². The van der Waals surface area contributed by atoms with E-state index in [9.17, 15) is 14.4 Å². The van der Waals surface area contributed by atoms with Crippen LogP contribution in [0.15, 0.2) is 59.9 Å². The first kappa shape index (κ1) is 18.9. The molecule has 4 rings (SSSR count). The monoisotopic (exact) mass is 389 g/mol. The lowest BCUT2D eigenvalue weighted by molar-refractivity contribution is -0.114. The van der Waals surface area contributed by atoms with Crippen LogP contribution in [0.1, 0.15) is 46.9 Å². The molecular weight excluding hydrogens is 366 g/mol. The van der Waals surface area contributed by atoms with Gasteiger partial charge in [0.1, 0.15) is 11.4 Å². The maximum Gasteiger partial charge on any atom is 0.221 e. The summed E-state index contributed by atoms with van der Waals surface area (Å²) < 4.78 is 0. The Morgan fingerprint density at radius 3 is 2.03 bits per heavy atom. The number of ketones is 2. The standard InChI is InChI=1S/C23H23N3O3/c1-15(27)24-16-9-11-17(12-10-16)25-20-21(26-13-5-2-6-14-26)23(29)19-8-4-3-7-18(19)22(20)28/h3-4,7-12,25H,2,5-6,13-14H2,1H3,(H,24,27). The highest BCUT2D eigenvalue weighted by Crippen LogP contribution is 2.31. The number of rotatable bonds is 4. The summed E-state index contributed by atoms with van der Waals surface area (Å²) in [5, 5.41) is 5.90. The van der Waals surface area contributed by atoms with Crippen LogP contribution in [0.4, 0.5) is 11.4 Å². The van der Waals surface area contributed by atoms with Gasteiger partial charge in [0.25, 0.3) is 0 Å². The fourth-order valence-electron chi connectivity index (χ4n) is 3.88. The molecule has 2 aliphatic rings. The van der Waals surface area contributed by atoms with Crippen molar-refractivity contribution in [1.82, 2.24) is 4.90 Å². The highest BCUT2D eigenvalue weighted by atomic mass is 16.1. The summed E-state index contributed by atoms with van der Waals surface area (Å²) in [6.45, 7) is 2.98. The number of amides is 1. The zero-order valence-corrected chi connectivity index (χ0v) is 16.3. The molecule has 0 aromatic heterocycles. The number of nitrogens with one attached hydrogen (secondary N) is 2. The molecule has 6 heteroatoms. The third-order valence-electron chi connectivity index (χ3n) is 5.24. The normalized spacial score (nSPS) is 16.5. The summed E-state index contributed by atoms with van der Waals surface area (Å²) in [4.78, 5) is 39.8. The molecule has 1 heterocycles. The van der Waals surface area contributed by atoms with Gasteiger partial charge in [-0.1, -0.05) is 24.3 Å². The zero-order valence-electron chi connectivity index (χ0n) is 16.3. The molecule has 29 heavy (non-hydrogen) atoms. The third kappa shape index (κ3) is 3.78. The van der Waals surface area contributed by atoms with Crippen molar-refractivity contribution in [3.63, 3.8) is 0 Å². The molecule has 0 bridgehead atoms. The molecule has 1 aliphatic carbocycles. The quantitative estimate of drug-likeness (QED) is 0.831. The zero-order chi connectivity index (χ0) is 20.4. The molecule has 0 spiro atoms. The number of anilines is 2. The van der Waals surface area contributed by atoms with Crippen molar-refractivity contribution >= 4 is 28.8 Å². The van der Waals surface area contributed by atoms with Gasteiger partial charge >= 0.3 is 0 Å². The van der Waals surface area contributed by atoms with Crippen LogP contribution in [0.3, 0.4) is 0 Å². The lowest BCUT2D eigenvalue weighted by Crippen LogP contribution is -2.39. The van der Waals surface area contributed by atoms with Gasteiger partial charge in [-0.2, -0.15) is 0 Å². The van der Waals surface area contributed by atoms with E-state index in [4.69, 9.17) is 0 Å². The van der Waals surface area contributed by atoms with Crippen LogP contribution >= 0.6 is 0 Å². The Hall–Kier alpha value is -3.41. The van der Waals surface area contributed by atoms with Gasteiger partial charge in [0.15, 0.2) is 0 Å². The van der Waals surface area contributed by atoms with Gasteiger partial charge in [0.2, 0.25) is 17.5 Å². The van der Waals surface area contributed by atoms with Crippen LogP contribution < -0.4 is 10.6 Å². The molecule has 0 unspecified atom stereocenters. The van der Waals surface area contributed by atoms with Crippen LogP contribution in [0, 0.1) is 0 Å². The number of fused-ring (bicyclic) bond motifs is 1. The van der Waals surface area contributed by atoms with Crippen LogP contribution in [-0.2, 0) is 4.79 Å². The van der Waals surface area contributed by atoms with E-state index >= 15 is 0 Å². The minimum absolute atomic E-state index is 0.112. The number of allylic oxidation sites excluding steroid dienone is 2. The van der Waals surface area contributed by atoms with E-state index in [1.54, 1.807) is 48.5 Å². The molecule has 6 nitrogen and oxygen atoms in total. The number of carbonyl (C=O) groups excluding carboxylic acids is 3. The van der Waals surface area contributed by atoms with Crippen molar-refractivity contribution in [2.45, 2.75) is 26.2 Å². The molecule has 148 valence electrons. The van der Waals surface area contributed by atoms with Crippen LogP contribution in [0.2, 0.25) is 0 Å². The van der Waals surface area contributed by atoms with Gasteiger partial charge in [0, 0.05) is 42.5 Å². The Balaban J connectivity index is 1.72. The van der Waals surface area contributed by atoms with E-state index in [1.165, 1.54) is 6.92 Å². The average molecular weight is 389 g/mol. The van der Waals surface area contributed by atoms with E-state index in [0.29, 0.717) is 33.9 Å². The Morgan fingerprint density at radius 1 is 0.828 bits per heavy atom. The Morgan fingerprint density at radius 2 is 1.41 bits per heavy atom. The Labute approximate surface area is 169 Å². The molecule has 1 fully saturated rings. The van der Waals surface area contributed by atoms with Gasteiger partial charge in [-0.3, -0.25) is 14.4 Å². The fourth-order valence-corrected chi connectivity index (χ4v) is 3.88. The molecule has 1 saturated heterocycles. The minimum atomic E-state index is -0.174. The second-order valence-corrected chi connectivity index (χ2v) is 7.36. The largest absolute Gasteiger partial charge is 0.367 e. The van der Waals surface area contributed by atoms with Crippen molar-refractivity contribution in [3.8, 4) is 0 Å². The van der Waals surface area contributed by atoms with Crippen LogP contribution in [0.25, 0.3) is 0 Å². The smallest absolute Gasteiger partial charge is 0.221 e. The lowest BCUT2D eigenvalue weighted by atomic mass is 9.89. The van der Waals surface area contributed by atoms with E-state index in [1.807, 2.05) is 4.90 Å². The minimum Gasteiger partial charge on any atom is -0.367 e. The number of nitrogens with zero attached hydrogens (tertiary/aromatic N) is 1. The number of hydrogen-bond acceptors (Lipinski definition) is 5. The van der Waals surface area contributed by atoms with Gasteiger partial charge in [-0.05, 0) is 43.5 Å². The predicted molar refractivity (Wildman–Crippen MR) is 112 cm³/mol. The van der Waals surface area contributed by atoms with Crippen molar-refractivity contribution in [1.29, 1.82) is 0 Å². The topological polar surface area (TPSA) is 78.5 Å². The van der Waals surface area contributed by atoms with Crippen molar-refractivity contribution in [2.24, 2.45) is 0 Å². The van der Waals surface area contributed by atoms with E-state index < -0.39 is 0 Å². The molecule has 2 aromatic carbocycles. The summed E-state index contributed by atoms with van der Waals surface area (Å²) in [5.74, 6) is -0.434. The van der Waals surface area contributed by atoms with Crippen LogP contribution in [0.5, 0.6) is 0 Å². The lowest BCUT2D eigenvalue weighted by Gasteiger charge is -2.34. The summed E-state index contributed by atoms with van der Waals surface area (Å²) >= 11 is 0. The molecule has 0 atom stereocenters. The maximum absolute atomic E-state index is 13.3. The Bertz CT molecular complexity index is 1000. The van der Waals surface area contributed by atoms with E-state index in [2.05, 4.69) is 10.6 Å². The SMILES string of the molecule is CC(=O)Nc1ccc(NC2=C(N3CCCCC3)C(=O)c3ccccc3C2=O)cc1. The number of hydrogen-bond donors (Lipinski definition) is 2. The third-order valence-corrected chi connectivity index (χ3v) is 5.24. The molecule has 1 aliphatic heterocycles. The molecule has 2 aromatic rings. The highest BCUT2D eigenvalue weighted by Gasteiger charge is 2.35. The van der Waals surface area contributed by atoms with Crippen LogP contribution in [-0.4, -0.2) is 35.5 Å². The van der Waals surface area contributed by atoms with E-state index in [-0.39, 0.29) is 17.5 Å². The molecule has 0 radical (unpaired) electrons. The number of carbonyl (C=O) groups is 3. The second-order valence-electron chi connectivity index (χ2n) is 7.36. The predicted octanol–water partition coefficient (Wildman–Crippen LogP) is 3.83. The molecule has 2 N–H and O–H groups in total. The number of benzene rings is 2. The van der Waals surface area contributed by atoms with Crippen molar-refractivity contribution in [2.75, 3.05) is 23.7 Å². The summed E-state index contributed by atoms with van der Waals surface area (Å²) in [6, 6.07) is 14.1. The first-order chi connectivity index (χ1) is 14.0. The Kier molecular flexibility index (Phi) is 5.16. The highest BCUT2D eigenvalue weighted by molar-refractivity contribution is 6.27. The van der Waals surface area contributed by atoms with E-state index in [0.717, 1.165) is 32.4 Å². The second kappa shape index (κ2) is 7.91. The summed E-state index contributed by atoms with van der Waals surface area (Å²) in [6.07, 6.45) is 3.15. The first-order valence-electron chi connectivity index (χ1n) is 9.87. The average Bonchev–Trinajstić information content (AvgIpc) is 2.73. The first-order valence-corrected chi connectivity index (χ1v) is 9.87. The number of likely N-dealkylation sites (tertiary alicyclic amines) is 1. The molecular formula is C23H23N3O3. The van der Waals surface area contributed by atoms with Gasteiger partial charge in [0.05, 0.1) is 0 Å². The summed E-state index contributed by atoms with van der Waals surface area (Å²) in [5.41, 5.74) is 3.02. The fraction of sp³-hybridized carbons (Fsp3) is 0.261. The molecule has 0 saturated carbocycles. The molecule has 1 amide bonds. The van der Waals surface area contributed by atoms with Gasteiger partial charge in [-0.15, -0.1) is 0 Å². The maximum atomic E-state index is 13.3. The van der Waals surface area contributed by atoms with Crippen molar-refractivity contribution < 1.29 is 14.4 Å².